The first-order valence-electron chi connectivity index (χ1n) is 10.6. The van der Waals surface area contributed by atoms with Crippen LogP contribution in [-0.2, 0) is 35.2 Å². The summed E-state index contributed by atoms with van der Waals surface area (Å²) in [4.78, 5) is 49.8. The van der Waals surface area contributed by atoms with Crippen LogP contribution in [0.1, 0.15) is 53.0 Å². The molecule has 1 aromatic carbocycles. The molecule has 2 rings (SSSR count). The number of ether oxygens (including phenoxy) is 3. The summed E-state index contributed by atoms with van der Waals surface area (Å²) < 4.78 is 15.3. The van der Waals surface area contributed by atoms with Crippen molar-refractivity contribution in [3.63, 3.8) is 0 Å². The maximum absolute atomic E-state index is 13.0. The van der Waals surface area contributed by atoms with Crippen molar-refractivity contribution in [1.29, 1.82) is 0 Å². The van der Waals surface area contributed by atoms with Crippen molar-refractivity contribution in [3.05, 3.63) is 35.9 Å². The summed E-state index contributed by atoms with van der Waals surface area (Å²) in [5, 5.41) is 5.08. The Morgan fingerprint density at radius 3 is 2.31 bits per heavy atom. The van der Waals surface area contributed by atoms with E-state index in [-0.39, 0.29) is 19.1 Å². The largest absolute Gasteiger partial charge is 0.461 e. The van der Waals surface area contributed by atoms with Gasteiger partial charge in [-0.2, -0.15) is 0 Å². The summed E-state index contributed by atoms with van der Waals surface area (Å²) in [5.41, 5.74) is -1.18. The Morgan fingerprint density at radius 2 is 1.81 bits per heavy atom. The Labute approximate surface area is 188 Å². The Balaban J connectivity index is 2.08. The Hall–Kier alpha value is -3.10. The number of esters is 2. The normalized spacial score (nSPS) is 18.8. The number of carbonyl (C=O) groups excluding carboxylic acids is 4. The van der Waals surface area contributed by atoms with Crippen LogP contribution >= 0.6 is 0 Å². The maximum atomic E-state index is 13.0. The van der Waals surface area contributed by atoms with E-state index in [4.69, 9.17) is 14.2 Å². The van der Waals surface area contributed by atoms with Crippen LogP contribution < -0.4 is 10.6 Å². The average Bonchev–Trinajstić information content (AvgIpc) is 2.69. The summed E-state index contributed by atoms with van der Waals surface area (Å²) in [7, 11) is 0. The van der Waals surface area contributed by atoms with E-state index < -0.39 is 47.5 Å². The van der Waals surface area contributed by atoms with Crippen molar-refractivity contribution in [2.24, 2.45) is 5.92 Å². The summed E-state index contributed by atoms with van der Waals surface area (Å²) in [6, 6.07) is 7.79. The van der Waals surface area contributed by atoms with E-state index in [0.29, 0.717) is 6.42 Å². The number of alkyl carbamates (subject to hydrolysis) is 1. The first-order valence-corrected chi connectivity index (χ1v) is 10.6. The highest BCUT2D eigenvalue weighted by molar-refractivity contribution is 5.96. The fraction of sp³-hybridized carbons (Fsp3) is 0.565. The minimum absolute atomic E-state index is 0.0318. The lowest BCUT2D eigenvalue weighted by atomic mass is 9.86. The monoisotopic (exact) mass is 448 g/mol. The molecule has 2 N–H and O–H groups in total. The van der Waals surface area contributed by atoms with Crippen molar-refractivity contribution in [2.75, 3.05) is 6.61 Å². The number of amides is 2. The lowest BCUT2D eigenvalue weighted by Crippen LogP contribution is -2.68. The highest BCUT2D eigenvalue weighted by Crippen LogP contribution is 2.27. The minimum atomic E-state index is -1.29. The molecule has 1 fully saturated rings. The fourth-order valence-electron chi connectivity index (χ4n) is 3.23. The average molecular weight is 449 g/mol. The molecular weight excluding hydrogens is 416 g/mol. The molecule has 0 saturated carbocycles. The number of hydrogen-bond acceptors (Lipinski definition) is 7. The Bertz CT molecular complexity index is 832. The van der Waals surface area contributed by atoms with E-state index in [1.807, 2.05) is 32.0 Å². The third-order valence-corrected chi connectivity index (χ3v) is 4.58. The lowest BCUT2D eigenvalue weighted by Gasteiger charge is -2.41. The SMILES string of the molecule is CC(C)C[C@]1(NC(=O)[C@H](CC(=O)OCc2ccccc2)NC(=O)OC(C)(C)C)COC1=O. The molecule has 1 saturated heterocycles. The molecule has 1 heterocycles. The first-order chi connectivity index (χ1) is 14.9. The lowest BCUT2D eigenvalue weighted by molar-refractivity contribution is -0.179. The molecule has 0 aromatic heterocycles. The van der Waals surface area contributed by atoms with Crippen molar-refractivity contribution in [2.45, 2.75) is 71.2 Å². The van der Waals surface area contributed by atoms with Crippen molar-refractivity contribution in [1.82, 2.24) is 10.6 Å². The van der Waals surface area contributed by atoms with E-state index >= 15 is 0 Å². The van der Waals surface area contributed by atoms with E-state index in [1.54, 1.807) is 32.9 Å². The van der Waals surface area contributed by atoms with Gasteiger partial charge in [-0.05, 0) is 38.7 Å². The first kappa shape index (κ1) is 25.2. The standard InChI is InChI=1S/C23H32N2O7/c1-15(2)12-23(14-31-20(23)28)25-19(27)17(24-21(29)32-22(3,4)5)11-18(26)30-13-16-9-7-6-8-10-16/h6-10,15,17H,11-14H2,1-5H3,(H,24,29)(H,25,27)/t17-,23-/m0/s1. The Morgan fingerprint density at radius 1 is 1.16 bits per heavy atom. The van der Waals surface area contributed by atoms with Gasteiger partial charge in [-0.15, -0.1) is 0 Å². The fourth-order valence-corrected chi connectivity index (χ4v) is 3.23. The van der Waals surface area contributed by atoms with Gasteiger partial charge in [0, 0.05) is 0 Å². The van der Waals surface area contributed by atoms with Crippen molar-refractivity contribution >= 4 is 23.9 Å². The molecule has 0 bridgehead atoms. The van der Waals surface area contributed by atoms with Gasteiger partial charge < -0.3 is 24.8 Å². The van der Waals surface area contributed by atoms with Gasteiger partial charge in [-0.3, -0.25) is 9.59 Å². The number of rotatable bonds is 9. The zero-order valence-corrected chi connectivity index (χ0v) is 19.2. The molecule has 0 aliphatic carbocycles. The van der Waals surface area contributed by atoms with Crippen LogP contribution in [0.3, 0.4) is 0 Å². The topological polar surface area (TPSA) is 120 Å². The third kappa shape index (κ3) is 7.55. The Kier molecular flexibility index (Phi) is 8.24. The summed E-state index contributed by atoms with van der Waals surface area (Å²) in [6.45, 7) is 8.93. The number of carbonyl (C=O) groups is 4. The second-order valence-electron chi connectivity index (χ2n) is 9.29. The second kappa shape index (κ2) is 10.5. The zero-order valence-electron chi connectivity index (χ0n) is 19.2. The van der Waals surface area contributed by atoms with E-state index in [2.05, 4.69) is 10.6 Å². The van der Waals surface area contributed by atoms with Gasteiger partial charge in [0.2, 0.25) is 5.91 Å². The molecule has 2 amide bonds. The van der Waals surface area contributed by atoms with E-state index in [0.717, 1.165) is 5.56 Å². The molecule has 2 atom stereocenters. The predicted octanol–water partition coefficient (Wildman–Crippen LogP) is 2.47. The summed E-state index contributed by atoms with van der Waals surface area (Å²) in [5.74, 6) is -1.80. The van der Waals surface area contributed by atoms with Crippen molar-refractivity contribution < 1.29 is 33.4 Å². The second-order valence-corrected chi connectivity index (χ2v) is 9.29. The highest BCUT2D eigenvalue weighted by Gasteiger charge is 2.51. The van der Waals surface area contributed by atoms with Gasteiger partial charge in [0.25, 0.3) is 0 Å². The molecule has 0 radical (unpaired) electrons. The van der Waals surface area contributed by atoms with Crippen LogP contribution in [0.15, 0.2) is 30.3 Å². The molecule has 1 aliphatic heterocycles. The highest BCUT2D eigenvalue weighted by atomic mass is 16.6. The van der Waals surface area contributed by atoms with Gasteiger partial charge in [0.15, 0.2) is 5.54 Å². The van der Waals surface area contributed by atoms with Crippen LogP contribution in [0.4, 0.5) is 4.79 Å². The summed E-state index contributed by atoms with van der Waals surface area (Å²) in [6.07, 6.45) is -0.914. The molecule has 0 unspecified atom stereocenters. The quantitative estimate of drug-likeness (QED) is 0.440. The molecule has 1 aromatic rings. The van der Waals surface area contributed by atoms with Crippen LogP contribution in [0.5, 0.6) is 0 Å². The number of benzene rings is 1. The number of cyclic esters (lactones) is 1. The molecule has 9 heteroatoms. The van der Waals surface area contributed by atoms with Gasteiger partial charge in [-0.1, -0.05) is 44.2 Å². The van der Waals surface area contributed by atoms with Crippen molar-refractivity contribution in [3.8, 4) is 0 Å². The zero-order chi connectivity index (χ0) is 23.9. The van der Waals surface area contributed by atoms with Crippen LogP contribution in [-0.4, -0.2) is 47.7 Å². The van der Waals surface area contributed by atoms with E-state index in [1.165, 1.54) is 0 Å². The summed E-state index contributed by atoms with van der Waals surface area (Å²) >= 11 is 0. The number of hydrogen-bond donors (Lipinski definition) is 2. The third-order valence-electron chi connectivity index (χ3n) is 4.58. The van der Waals surface area contributed by atoms with E-state index in [9.17, 15) is 19.2 Å². The smallest absolute Gasteiger partial charge is 0.408 e. The molecule has 9 nitrogen and oxygen atoms in total. The maximum Gasteiger partial charge on any atom is 0.408 e. The predicted molar refractivity (Wildman–Crippen MR) is 115 cm³/mol. The van der Waals surface area contributed by atoms with Crippen LogP contribution in [0, 0.1) is 5.92 Å². The van der Waals surface area contributed by atoms with Gasteiger partial charge >= 0.3 is 18.0 Å². The molecule has 0 spiro atoms. The van der Waals surface area contributed by atoms with Gasteiger partial charge in [0.05, 0.1) is 6.42 Å². The molecular formula is C23H32N2O7. The van der Waals surface area contributed by atoms with Crippen LogP contribution in [0.2, 0.25) is 0 Å². The molecule has 176 valence electrons. The van der Waals surface area contributed by atoms with Gasteiger partial charge in [-0.25, -0.2) is 9.59 Å². The number of nitrogens with one attached hydrogen (secondary N) is 2. The molecule has 1 aliphatic rings. The molecule has 32 heavy (non-hydrogen) atoms. The van der Waals surface area contributed by atoms with Gasteiger partial charge in [0.1, 0.15) is 24.9 Å². The van der Waals surface area contributed by atoms with Crippen LogP contribution in [0.25, 0.3) is 0 Å². The minimum Gasteiger partial charge on any atom is -0.461 e.